The molecule has 0 aromatic heterocycles. The lowest BCUT2D eigenvalue weighted by atomic mass is 10.1. The summed E-state index contributed by atoms with van der Waals surface area (Å²) in [5.74, 6) is -1.67. The number of carbonyl (C=O) groups excluding carboxylic acids is 1. The van der Waals surface area contributed by atoms with Crippen LogP contribution in [0.5, 0.6) is 0 Å². The Hall–Kier alpha value is -1.57. The lowest BCUT2D eigenvalue weighted by molar-refractivity contribution is -0.119. The molecule has 1 aromatic carbocycles. The van der Waals surface area contributed by atoms with Crippen LogP contribution in [0.1, 0.15) is 6.92 Å². The van der Waals surface area contributed by atoms with Gasteiger partial charge < -0.3 is 15.8 Å². The van der Waals surface area contributed by atoms with Gasteiger partial charge in [-0.15, -0.1) is 0 Å². The first-order valence-electron chi connectivity index (χ1n) is 6.80. The second-order valence-corrected chi connectivity index (χ2v) is 5.18. The van der Waals surface area contributed by atoms with Crippen LogP contribution in [0.15, 0.2) is 18.2 Å². The Morgan fingerprint density at radius 1 is 1.57 bits per heavy atom. The van der Waals surface area contributed by atoms with Gasteiger partial charge in [0.1, 0.15) is 11.6 Å². The van der Waals surface area contributed by atoms with Crippen LogP contribution in [-0.4, -0.2) is 49.2 Å². The zero-order chi connectivity index (χ0) is 15.4. The van der Waals surface area contributed by atoms with E-state index < -0.39 is 17.5 Å². The molecule has 2 rings (SSSR count). The fourth-order valence-electron chi connectivity index (χ4n) is 2.18. The number of amides is 1. The second kappa shape index (κ2) is 6.93. The van der Waals surface area contributed by atoms with Gasteiger partial charge in [0.2, 0.25) is 5.91 Å². The van der Waals surface area contributed by atoms with Crippen LogP contribution in [0.4, 0.5) is 14.5 Å². The molecule has 0 bridgehead atoms. The number of nitrogens with two attached hydrogens (primary N) is 1. The first-order valence-corrected chi connectivity index (χ1v) is 6.80. The lowest BCUT2D eigenvalue weighted by Crippen LogP contribution is -2.51. The summed E-state index contributed by atoms with van der Waals surface area (Å²) in [5, 5.41) is 2.37. The van der Waals surface area contributed by atoms with Crippen LogP contribution in [0.3, 0.4) is 0 Å². The number of anilines is 1. The van der Waals surface area contributed by atoms with Crippen LogP contribution in [0, 0.1) is 11.6 Å². The highest BCUT2D eigenvalue weighted by atomic mass is 19.1. The van der Waals surface area contributed by atoms with Crippen molar-refractivity contribution in [2.45, 2.75) is 19.1 Å². The highest BCUT2D eigenvalue weighted by molar-refractivity contribution is 5.92. The Morgan fingerprint density at radius 2 is 2.33 bits per heavy atom. The van der Waals surface area contributed by atoms with Gasteiger partial charge in [0.15, 0.2) is 0 Å². The van der Waals surface area contributed by atoms with Gasteiger partial charge in [-0.1, -0.05) is 0 Å². The van der Waals surface area contributed by atoms with Crippen molar-refractivity contribution in [2.75, 3.05) is 31.6 Å². The normalized spacial score (nSPS) is 21.0. The standard InChI is InChI=1S/C14H19F2N3O2/c1-9(17)13-7-19(4-5-21-13)8-14(20)18-12-6-10(15)2-3-11(12)16/h2-3,6,9,13H,4-5,7-8,17H2,1H3,(H,18,20). The monoisotopic (exact) mass is 299 g/mol. The zero-order valence-corrected chi connectivity index (χ0v) is 11.8. The molecular weight excluding hydrogens is 280 g/mol. The summed E-state index contributed by atoms with van der Waals surface area (Å²) in [6, 6.07) is 2.81. The highest BCUT2D eigenvalue weighted by Gasteiger charge is 2.24. The van der Waals surface area contributed by atoms with Crippen LogP contribution in [-0.2, 0) is 9.53 Å². The molecule has 2 unspecified atom stereocenters. The third kappa shape index (κ3) is 4.45. The smallest absolute Gasteiger partial charge is 0.238 e. The molecule has 7 heteroatoms. The number of nitrogens with zero attached hydrogens (tertiary/aromatic N) is 1. The first-order chi connectivity index (χ1) is 9.95. The minimum Gasteiger partial charge on any atom is -0.374 e. The largest absolute Gasteiger partial charge is 0.374 e. The van der Waals surface area contributed by atoms with E-state index in [1.807, 2.05) is 11.8 Å². The number of hydrogen-bond acceptors (Lipinski definition) is 4. The van der Waals surface area contributed by atoms with Crippen molar-refractivity contribution < 1.29 is 18.3 Å². The number of nitrogens with one attached hydrogen (secondary N) is 1. The van der Waals surface area contributed by atoms with Crippen molar-refractivity contribution in [2.24, 2.45) is 5.73 Å². The van der Waals surface area contributed by atoms with E-state index in [9.17, 15) is 13.6 Å². The van der Waals surface area contributed by atoms with E-state index in [0.717, 1.165) is 18.2 Å². The van der Waals surface area contributed by atoms with Crippen LogP contribution < -0.4 is 11.1 Å². The predicted octanol–water partition coefficient (Wildman–Crippen LogP) is 0.951. The molecule has 0 spiro atoms. The number of carbonyl (C=O) groups is 1. The molecule has 3 N–H and O–H groups in total. The molecule has 1 aliphatic rings. The Balaban J connectivity index is 1.91. The van der Waals surface area contributed by atoms with E-state index in [0.29, 0.717) is 19.7 Å². The summed E-state index contributed by atoms with van der Waals surface area (Å²) in [6.45, 7) is 3.56. The van der Waals surface area contributed by atoms with E-state index >= 15 is 0 Å². The number of benzene rings is 1. The molecule has 1 fully saturated rings. The highest BCUT2D eigenvalue weighted by Crippen LogP contribution is 2.15. The van der Waals surface area contributed by atoms with E-state index in [1.54, 1.807) is 0 Å². The van der Waals surface area contributed by atoms with Gasteiger partial charge in [0.05, 0.1) is 24.9 Å². The predicted molar refractivity (Wildman–Crippen MR) is 74.8 cm³/mol. The zero-order valence-electron chi connectivity index (χ0n) is 11.8. The van der Waals surface area contributed by atoms with E-state index in [2.05, 4.69) is 5.32 Å². The molecule has 21 heavy (non-hydrogen) atoms. The number of morpholine rings is 1. The van der Waals surface area contributed by atoms with Gasteiger partial charge >= 0.3 is 0 Å². The number of halogens is 2. The van der Waals surface area contributed by atoms with Gasteiger partial charge in [0, 0.05) is 25.2 Å². The van der Waals surface area contributed by atoms with Crippen molar-refractivity contribution in [1.82, 2.24) is 4.90 Å². The Bertz CT molecular complexity index is 511. The number of rotatable bonds is 4. The maximum Gasteiger partial charge on any atom is 0.238 e. The summed E-state index contributed by atoms with van der Waals surface area (Å²) in [7, 11) is 0. The molecule has 1 aromatic rings. The van der Waals surface area contributed by atoms with E-state index in [4.69, 9.17) is 10.5 Å². The molecule has 0 aliphatic carbocycles. The van der Waals surface area contributed by atoms with E-state index in [1.165, 1.54) is 0 Å². The quantitative estimate of drug-likeness (QED) is 0.869. The van der Waals surface area contributed by atoms with Crippen LogP contribution in [0.25, 0.3) is 0 Å². The van der Waals surface area contributed by atoms with Gasteiger partial charge in [-0.2, -0.15) is 0 Å². The topological polar surface area (TPSA) is 67.6 Å². The maximum atomic E-state index is 13.4. The minimum absolute atomic E-state index is 0.0858. The summed E-state index contributed by atoms with van der Waals surface area (Å²) in [5.41, 5.74) is 5.62. The van der Waals surface area contributed by atoms with Crippen molar-refractivity contribution in [3.05, 3.63) is 29.8 Å². The van der Waals surface area contributed by atoms with Gasteiger partial charge in [-0.05, 0) is 19.1 Å². The summed E-state index contributed by atoms with van der Waals surface area (Å²) >= 11 is 0. The van der Waals surface area contributed by atoms with E-state index in [-0.39, 0.29) is 24.4 Å². The van der Waals surface area contributed by atoms with Crippen molar-refractivity contribution in [3.63, 3.8) is 0 Å². The SMILES string of the molecule is CC(N)C1CN(CC(=O)Nc2cc(F)ccc2F)CCO1. The lowest BCUT2D eigenvalue weighted by Gasteiger charge is -2.34. The van der Waals surface area contributed by atoms with Crippen molar-refractivity contribution in [1.29, 1.82) is 0 Å². The number of ether oxygens (including phenoxy) is 1. The average Bonchev–Trinajstić information content (AvgIpc) is 2.43. The fraction of sp³-hybridized carbons (Fsp3) is 0.500. The second-order valence-electron chi connectivity index (χ2n) is 5.18. The molecule has 1 saturated heterocycles. The molecular formula is C14H19F2N3O2. The molecule has 0 radical (unpaired) electrons. The van der Waals surface area contributed by atoms with Gasteiger partial charge in [-0.25, -0.2) is 8.78 Å². The fourth-order valence-corrected chi connectivity index (χ4v) is 2.18. The Kier molecular flexibility index (Phi) is 5.22. The molecule has 1 aliphatic heterocycles. The van der Waals surface area contributed by atoms with Crippen LogP contribution in [0.2, 0.25) is 0 Å². The minimum atomic E-state index is -0.666. The molecule has 2 atom stereocenters. The number of hydrogen-bond donors (Lipinski definition) is 2. The van der Waals surface area contributed by atoms with Crippen LogP contribution >= 0.6 is 0 Å². The van der Waals surface area contributed by atoms with Crippen molar-refractivity contribution >= 4 is 11.6 Å². The van der Waals surface area contributed by atoms with Gasteiger partial charge in [0.25, 0.3) is 0 Å². The Morgan fingerprint density at radius 3 is 3.05 bits per heavy atom. The molecule has 1 heterocycles. The molecule has 0 saturated carbocycles. The molecule has 5 nitrogen and oxygen atoms in total. The van der Waals surface area contributed by atoms with Gasteiger partial charge in [-0.3, -0.25) is 9.69 Å². The Labute approximate surface area is 122 Å². The summed E-state index contributed by atoms with van der Waals surface area (Å²) in [6.07, 6.45) is -0.127. The summed E-state index contributed by atoms with van der Waals surface area (Å²) < 4.78 is 32.0. The average molecular weight is 299 g/mol. The summed E-state index contributed by atoms with van der Waals surface area (Å²) in [4.78, 5) is 13.8. The first kappa shape index (κ1) is 15.8. The molecule has 1 amide bonds. The third-order valence-corrected chi connectivity index (χ3v) is 3.33. The maximum absolute atomic E-state index is 13.4. The third-order valence-electron chi connectivity index (χ3n) is 3.33. The molecule has 116 valence electrons. The van der Waals surface area contributed by atoms with Crippen molar-refractivity contribution in [3.8, 4) is 0 Å².